The summed E-state index contributed by atoms with van der Waals surface area (Å²) in [6, 6.07) is 1.89. The number of nitrogens with one attached hydrogen (secondary N) is 2. The maximum Gasteiger partial charge on any atom is 0.274 e. The van der Waals surface area contributed by atoms with Crippen molar-refractivity contribution in [3.63, 3.8) is 0 Å². The van der Waals surface area contributed by atoms with Crippen LogP contribution < -0.4 is 0 Å². The van der Waals surface area contributed by atoms with Crippen LogP contribution in [0.1, 0.15) is 66.0 Å². The number of ether oxygens (including phenoxy) is 1. The van der Waals surface area contributed by atoms with E-state index in [1.54, 1.807) is 4.90 Å². The lowest BCUT2D eigenvalue weighted by Gasteiger charge is -2.31. The monoisotopic (exact) mass is 330 g/mol. The molecule has 8 nitrogen and oxygen atoms in total. The molecule has 1 atom stereocenters. The molecule has 0 bridgehead atoms. The maximum atomic E-state index is 12.7. The second-order valence-electron chi connectivity index (χ2n) is 6.48. The van der Waals surface area contributed by atoms with Crippen LogP contribution in [0.3, 0.4) is 0 Å². The van der Waals surface area contributed by atoms with Gasteiger partial charge in [0.25, 0.3) is 5.91 Å². The van der Waals surface area contributed by atoms with E-state index in [4.69, 9.17) is 4.74 Å². The normalized spacial score (nSPS) is 21.2. The first-order valence-electron chi connectivity index (χ1n) is 8.62. The molecule has 128 valence electrons. The zero-order chi connectivity index (χ0) is 16.5. The van der Waals surface area contributed by atoms with E-state index < -0.39 is 0 Å². The van der Waals surface area contributed by atoms with Crippen molar-refractivity contribution >= 4 is 5.91 Å². The molecule has 2 aromatic heterocycles. The summed E-state index contributed by atoms with van der Waals surface area (Å²) < 4.78 is 5.76. The number of hydrogen-bond acceptors (Lipinski definition) is 5. The molecular formula is C16H22N6O2. The van der Waals surface area contributed by atoms with E-state index in [1.807, 2.05) is 6.07 Å². The van der Waals surface area contributed by atoms with Crippen LogP contribution in [-0.4, -0.2) is 55.9 Å². The topological polar surface area (TPSA) is 99.8 Å². The molecule has 2 aliphatic rings. The molecule has 1 saturated carbocycles. The standard InChI is InChI=1S/C16H22N6O2/c1-2-3-14-17-15(21-20-14)13-9-22(6-7-24-13)16(23)12-8-11(18-19-12)10-4-5-10/h8,10,13H,2-7,9H2,1H3,(H,18,19)(H,17,20,21)/t13-/m0/s1. The number of aromatic amines is 2. The van der Waals surface area contributed by atoms with Crippen LogP contribution in [0.5, 0.6) is 0 Å². The van der Waals surface area contributed by atoms with Gasteiger partial charge in [0, 0.05) is 24.6 Å². The van der Waals surface area contributed by atoms with Gasteiger partial charge >= 0.3 is 0 Å². The van der Waals surface area contributed by atoms with Crippen molar-refractivity contribution < 1.29 is 9.53 Å². The number of nitrogens with zero attached hydrogens (tertiary/aromatic N) is 4. The minimum Gasteiger partial charge on any atom is -0.366 e. The fraction of sp³-hybridized carbons (Fsp3) is 0.625. The molecule has 2 aromatic rings. The van der Waals surface area contributed by atoms with Gasteiger partial charge in [0.05, 0.1) is 13.2 Å². The van der Waals surface area contributed by atoms with Gasteiger partial charge in [-0.15, -0.1) is 0 Å². The Labute approximate surface area is 140 Å². The molecule has 0 spiro atoms. The Morgan fingerprint density at radius 1 is 1.38 bits per heavy atom. The van der Waals surface area contributed by atoms with Gasteiger partial charge in [-0.2, -0.15) is 10.2 Å². The first-order chi connectivity index (χ1) is 11.7. The SMILES string of the molecule is CCCc1nc([C@@H]2CN(C(=O)c3cc(C4CC4)[nH]n3)CCO2)n[nH]1. The van der Waals surface area contributed by atoms with Gasteiger partial charge in [-0.05, 0) is 25.3 Å². The number of rotatable bonds is 5. The third-order valence-corrected chi connectivity index (χ3v) is 4.51. The highest BCUT2D eigenvalue weighted by Crippen LogP contribution is 2.39. The van der Waals surface area contributed by atoms with Crippen molar-refractivity contribution in [1.82, 2.24) is 30.3 Å². The summed E-state index contributed by atoms with van der Waals surface area (Å²) in [5.41, 5.74) is 1.56. The van der Waals surface area contributed by atoms with E-state index >= 15 is 0 Å². The third kappa shape index (κ3) is 3.06. The van der Waals surface area contributed by atoms with Crippen molar-refractivity contribution in [2.24, 2.45) is 0 Å². The quantitative estimate of drug-likeness (QED) is 0.867. The number of aromatic nitrogens is 5. The van der Waals surface area contributed by atoms with Crippen LogP contribution in [0.25, 0.3) is 0 Å². The fourth-order valence-corrected chi connectivity index (χ4v) is 3.00. The van der Waals surface area contributed by atoms with Gasteiger partial charge in [-0.1, -0.05) is 6.92 Å². The van der Waals surface area contributed by atoms with E-state index in [2.05, 4.69) is 32.3 Å². The number of carbonyl (C=O) groups excluding carboxylic acids is 1. The Hall–Kier alpha value is -2.22. The largest absolute Gasteiger partial charge is 0.366 e. The van der Waals surface area contributed by atoms with Gasteiger partial charge in [0.1, 0.15) is 17.6 Å². The summed E-state index contributed by atoms with van der Waals surface area (Å²) in [5, 5.41) is 14.4. The minimum atomic E-state index is -0.286. The Balaban J connectivity index is 1.44. The molecule has 24 heavy (non-hydrogen) atoms. The zero-order valence-electron chi connectivity index (χ0n) is 13.8. The second-order valence-corrected chi connectivity index (χ2v) is 6.48. The fourth-order valence-electron chi connectivity index (χ4n) is 3.00. The van der Waals surface area contributed by atoms with E-state index in [0.29, 0.717) is 37.1 Å². The number of morpholine rings is 1. The van der Waals surface area contributed by atoms with Crippen molar-refractivity contribution in [2.75, 3.05) is 19.7 Å². The summed E-state index contributed by atoms with van der Waals surface area (Å²) in [6.45, 7) is 3.59. The molecule has 4 rings (SSSR count). The summed E-state index contributed by atoms with van der Waals surface area (Å²) >= 11 is 0. The van der Waals surface area contributed by atoms with Gasteiger partial charge in [0.2, 0.25) is 0 Å². The van der Waals surface area contributed by atoms with Crippen LogP contribution in [-0.2, 0) is 11.2 Å². The summed E-state index contributed by atoms with van der Waals surface area (Å²) in [5.74, 6) is 1.98. The molecule has 8 heteroatoms. The lowest BCUT2D eigenvalue weighted by molar-refractivity contribution is -0.0268. The first kappa shape index (κ1) is 15.3. The molecule has 1 saturated heterocycles. The van der Waals surface area contributed by atoms with Crippen LogP contribution in [0.4, 0.5) is 0 Å². The van der Waals surface area contributed by atoms with E-state index in [1.165, 1.54) is 12.8 Å². The highest BCUT2D eigenvalue weighted by atomic mass is 16.5. The predicted octanol–water partition coefficient (Wildman–Crippen LogP) is 1.57. The maximum absolute atomic E-state index is 12.7. The Morgan fingerprint density at radius 3 is 3.04 bits per heavy atom. The summed E-state index contributed by atoms with van der Waals surface area (Å²) in [4.78, 5) is 18.9. The minimum absolute atomic E-state index is 0.0595. The van der Waals surface area contributed by atoms with Crippen LogP contribution in [0.15, 0.2) is 6.07 Å². The first-order valence-corrected chi connectivity index (χ1v) is 8.62. The number of aryl methyl sites for hydroxylation is 1. The van der Waals surface area contributed by atoms with Crippen molar-refractivity contribution in [3.8, 4) is 0 Å². The molecule has 3 heterocycles. The van der Waals surface area contributed by atoms with Gasteiger partial charge in [0.15, 0.2) is 5.82 Å². The molecule has 2 fully saturated rings. The van der Waals surface area contributed by atoms with Crippen LogP contribution >= 0.6 is 0 Å². The Kier molecular flexibility index (Phi) is 4.05. The van der Waals surface area contributed by atoms with Crippen LogP contribution in [0.2, 0.25) is 0 Å². The van der Waals surface area contributed by atoms with Gasteiger partial charge in [-0.3, -0.25) is 15.0 Å². The molecule has 1 aliphatic heterocycles. The highest BCUT2D eigenvalue weighted by molar-refractivity contribution is 5.92. The highest BCUT2D eigenvalue weighted by Gasteiger charge is 2.31. The summed E-state index contributed by atoms with van der Waals surface area (Å²) in [7, 11) is 0. The Morgan fingerprint density at radius 2 is 2.25 bits per heavy atom. The van der Waals surface area contributed by atoms with Crippen molar-refractivity contribution in [1.29, 1.82) is 0 Å². The second kappa shape index (κ2) is 6.35. The molecule has 0 aromatic carbocycles. The lowest BCUT2D eigenvalue weighted by Crippen LogP contribution is -2.42. The number of carbonyl (C=O) groups is 1. The third-order valence-electron chi connectivity index (χ3n) is 4.51. The zero-order valence-corrected chi connectivity index (χ0v) is 13.8. The lowest BCUT2D eigenvalue weighted by atomic mass is 10.2. The molecular weight excluding hydrogens is 308 g/mol. The Bertz CT molecular complexity index is 720. The number of amides is 1. The van der Waals surface area contributed by atoms with E-state index in [-0.39, 0.29) is 12.0 Å². The number of hydrogen-bond donors (Lipinski definition) is 2. The van der Waals surface area contributed by atoms with Crippen molar-refractivity contribution in [2.45, 2.75) is 44.6 Å². The predicted molar refractivity (Wildman–Crippen MR) is 85.5 cm³/mol. The van der Waals surface area contributed by atoms with Crippen molar-refractivity contribution in [3.05, 3.63) is 29.1 Å². The molecule has 0 unspecified atom stereocenters. The molecule has 1 amide bonds. The van der Waals surface area contributed by atoms with E-state index in [0.717, 1.165) is 24.4 Å². The van der Waals surface area contributed by atoms with Gasteiger partial charge < -0.3 is 9.64 Å². The smallest absolute Gasteiger partial charge is 0.274 e. The summed E-state index contributed by atoms with van der Waals surface area (Å²) in [6.07, 6.45) is 3.94. The number of H-pyrrole nitrogens is 2. The molecule has 1 aliphatic carbocycles. The van der Waals surface area contributed by atoms with Gasteiger partial charge in [-0.25, -0.2) is 4.98 Å². The molecule has 0 radical (unpaired) electrons. The van der Waals surface area contributed by atoms with E-state index in [9.17, 15) is 4.79 Å². The average Bonchev–Trinajstić information content (AvgIpc) is 3.15. The van der Waals surface area contributed by atoms with Crippen LogP contribution in [0, 0.1) is 0 Å². The average molecular weight is 330 g/mol. The molecule has 2 N–H and O–H groups in total.